The number of anilines is 1. The zero-order chi connectivity index (χ0) is 20.0. The van der Waals surface area contributed by atoms with E-state index >= 15 is 0 Å². The van der Waals surface area contributed by atoms with Crippen LogP contribution in [0.15, 0.2) is 36.7 Å². The minimum atomic E-state index is -0.777. The zero-order valence-corrected chi connectivity index (χ0v) is 16.5. The molecular weight excluding hydrogens is 370 g/mol. The number of amides is 2. The Morgan fingerprint density at radius 3 is 2.83 bits per heavy atom. The minimum Gasteiger partial charge on any atom is -0.379 e. The van der Waals surface area contributed by atoms with Crippen LogP contribution in [0.2, 0.25) is 0 Å². The van der Waals surface area contributed by atoms with Gasteiger partial charge < -0.3 is 15.0 Å². The summed E-state index contributed by atoms with van der Waals surface area (Å²) >= 11 is 0. The van der Waals surface area contributed by atoms with E-state index in [9.17, 15) is 9.59 Å². The van der Waals surface area contributed by atoms with Crippen LogP contribution in [0.1, 0.15) is 23.6 Å². The number of carbonyl (C=O) groups excluding carboxylic acids is 2. The SMILES string of the molecule is Cn1cc(C2N(C(=O)CN3CCOCC3)CCC23C(=O)Nc2ccccc23)cn1. The summed E-state index contributed by atoms with van der Waals surface area (Å²) in [6, 6.07) is 7.45. The third kappa shape index (κ3) is 2.86. The van der Waals surface area contributed by atoms with Gasteiger partial charge in [-0.25, -0.2) is 0 Å². The lowest BCUT2D eigenvalue weighted by molar-refractivity contribution is -0.135. The summed E-state index contributed by atoms with van der Waals surface area (Å²) in [5.74, 6) is 0.0176. The molecule has 0 aliphatic carbocycles. The fourth-order valence-corrected chi connectivity index (χ4v) is 5.04. The van der Waals surface area contributed by atoms with Crippen LogP contribution in [0, 0.1) is 0 Å². The molecule has 3 aliphatic heterocycles. The first-order valence-corrected chi connectivity index (χ1v) is 10.1. The van der Waals surface area contributed by atoms with Crippen molar-refractivity contribution in [2.45, 2.75) is 17.9 Å². The number of benzene rings is 1. The Bertz CT molecular complexity index is 951. The molecule has 2 aromatic rings. The number of para-hydroxylation sites is 1. The van der Waals surface area contributed by atoms with Crippen molar-refractivity contribution in [3.05, 3.63) is 47.8 Å². The van der Waals surface area contributed by atoms with Gasteiger partial charge in [0.2, 0.25) is 11.8 Å². The second-order valence-electron chi connectivity index (χ2n) is 8.05. The monoisotopic (exact) mass is 395 g/mol. The average Bonchev–Trinajstić information content (AvgIpc) is 3.40. The van der Waals surface area contributed by atoms with E-state index in [0.717, 1.165) is 29.9 Å². The molecule has 2 amide bonds. The predicted molar refractivity (Wildman–Crippen MR) is 106 cm³/mol. The van der Waals surface area contributed by atoms with Gasteiger partial charge in [-0.1, -0.05) is 18.2 Å². The van der Waals surface area contributed by atoms with Gasteiger partial charge >= 0.3 is 0 Å². The Kier molecular flexibility index (Phi) is 4.40. The Hall–Kier alpha value is -2.71. The third-order valence-electron chi connectivity index (χ3n) is 6.41. The summed E-state index contributed by atoms with van der Waals surface area (Å²) < 4.78 is 7.13. The van der Waals surface area contributed by atoms with Crippen molar-refractivity contribution in [2.75, 3.05) is 44.7 Å². The lowest BCUT2D eigenvalue weighted by Gasteiger charge is -2.35. The number of nitrogens with zero attached hydrogens (tertiary/aromatic N) is 4. The first-order valence-electron chi connectivity index (χ1n) is 10.1. The van der Waals surface area contributed by atoms with E-state index in [1.165, 1.54) is 0 Å². The van der Waals surface area contributed by atoms with Crippen molar-refractivity contribution in [1.29, 1.82) is 0 Å². The maximum Gasteiger partial charge on any atom is 0.237 e. The molecule has 29 heavy (non-hydrogen) atoms. The highest BCUT2D eigenvalue weighted by Gasteiger charge is 2.59. The number of fused-ring (bicyclic) bond motifs is 2. The van der Waals surface area contributed by atoms with Crippen molar-refractivity contribution < 1.29 is 14.3 Å². The van der Waals surface area contributed by atoms with Crippen LogP contribution < -0.4 is 5.32 Å². The number of carbonyl (C=O) groups is 2. The molecule has 1 spiro atoms. The molecule has 8 heteroatoms. The van der Waals surface area contributed by atoms with Gasteiger partial charge in [0.15, 0.2) is 0 Å². The highest BCUT2D eigenvalue weighted by molar-refractivity contribution is 6.07. The van der Waals surface area contributed by atoms with Crippen molar-refractivity contribution in [2.24, 2.45) is 7.05 Å². The van der Waals surface area contributed by atoms with Crippen molar-refractivity contribution >= 4 is 17.5 Å². The van der Waals surface area contributed by atoms with Crippen molar-refractivity contribution in [3.63, 3.8) is 0 Å². The quantitative estimate of drug-likeness (QED) is 0.836. The number of hydrogen-bond donors (Lipinski definition) is 1. The third-order valence-corrected chi connectivity index (χ3v) is 6.41. The van der Waals surface area contributed by atoms with Gasteiger partial charge in [0, 0.05) is 44.1 Å². The summed E-state index contributed by atoms with van der Waals surface area (Å²) in [6.07, 6.45) is 4.30. The smallest absolute Gasteiger partial charge is 0.237 e. The lowest BCUT2D eigenvalue weighted by atomic mass is 9.73. The average molecular weight is 395 g/mol. The maximum atomic E-state index is 13.3. The topological polar surface area (TPSA) is 79.7 Å². The largest absolute Gasteiger partial charge is 0.379 e. The minimum absolute atomic E-state index is 0.0331. The highest BCUT2D eigenvalue weighted by Crippen LogP contribution is 2.54. The van der Waals surface area contributed by atoms with Crippen LogP contribution in [-0.4, -0.2) is 70.8 Å². The van der Waals surface area contributed by atoms with Gasteiger partial charge in [-0.3, -0.25) is 19.2 Å². The van der Waals surface area contributed by atoms with Crippen LogP contribution in [0.5, 0.6) is 0 Å². The van der Waals surface area contributed by atoms with Crippen LogP contribution in [-0.2, 0) is 26.8 Å². The maximum absolute atomic E-state index is 13.3. The van der Waals surface area contributed by atoms with Gasteiger partial charge in [-0.2, -0.15) is 5.10 Å². The van der Waals surface area contributed by atoms with E-state index < -0.39 is 5.41 Å². The molecule has 5 rings (SSSR count). The van der Waals surface area contributed by atoms with E-state index in [-0.39, 0.29) is 17.9 Å². The van der Waals surface area contributed by atoms with Crippen molar-refractivity contribution in [3.8, 4) is 0 Å². The Morgan fingerprint density at radius 2 is 2.07 bits per heavy atom. The molecule has 2 fully saturated rings. The van der Waals surface area contributed by atoms with Crippen molar-refractivity contribution in [1.82, 2.24) is 19.6 Å². The molecule has 2 unspecified atom stereocenters. The summed E-state index contributed by atoms with van der Waals surface area (Å²) in [4.78, 5) is 30.7. The summed E-state index contributed by atoms with van der Waals surface area (Å²) in [7, 11) is 1.85. The van der Waals surface area contributed by atoms with Gasteiger partial charge in [0.25, 0.3) is 0 Å². The Labute approximate surface area is 169 Å². The molecule has 3 aliphatic rings. The number of hydrogen-bond acceptors (Lipinski definition) is 5. The number of likely N-dealkylation sites (tertiary alicyclic amines) is 1. The summed E-state index contributed by atoms with van der Waals surface area (Å²) in [5.41, 5.74) is 1.93. The van der Waals surface area contributed by atoms with E-state index in [1.807, 2.05) is 42.4 Å². The Morgan fingerprint density at radius 1 is 1.28 bits per heavy atom. The van der Waals surface area contributed by atoms with E-state index in [4.69, 9.17) is 4.74 Å². The van der Waals surface area contributed by atoms with Gasteiger partial charge in [-0.05, 0) is 18.1 Å². The van der Waals surface area contributed by atoms with Gasteiger partial charge in [0.1, 0.15) is 5.41 Å². The number of aromatic nitrogens is 2. The molecule has 152 valence electrons. The Balaban J connectivity index is 1.53. The molecule has 1 aromatic heterocycles. The first-order chi connectivity index (χ1) is 14.1. The fourth-order valence-electron chi connectivity index (χ4n) is 5.04. The first kappa shape index (κ1) is 18.3. The molecule has 0 radical (unpaired) electrons. The number of aryl methyl sites for hydroxylation is 1. The van der Waals surface area contributed by atoms with Gasteiger partial charge in [-0.15, -0.1) is 0 Å². The molecule has 4 heterocycles. The van der Waals surface area contributed by atoms with E-state index in [0.29, 0.717) is 32.7 Å². The molecule has 2 saturated heterocycles. The molecule has 1 N–H and O–H groups in total. The fraction of sp³-hybridized carbons (Fsp3) is 0.476. The molecule has 0 bridgehead atoms. The summed E-state index contributed by atoms with van der Waals surface area (Å²) in [6.45, 7) is 3.71. The van der Waals surface area contributed by atoms with Crippen LogP contribution in [0.4, 0.5) is 5.69 Å². The van der Waals surface area contributed by atoms with Crippen LogP contribution in [0.25, 0.3) is 0 Å². The lowest BCUT2D eigenvalue weighted by Crippen LogP contribution is -2.47. The van der Waals surface area contributed by atoms with E-state index in [2.05, 4.69) is 15.3 Å². The van der Waals surface area contributed by atoms with Crippen LogP contribution >= 0.6 is 0 Å². The zero-order valence-electron chi connectivity index (χ0n) is 16.5. The predicted octanol–water partition coefficient (Wildman–Crippen LogP) is 0.916. The highest BCUT2D eigenvalue weighted by atomic mass is 16.5. The molecule has 0 saturated carbocycles. The molecular formula is C21H25N5O3. The number of ether oxygens (including phenoxy) is 1. The van der Waals surface area contributed by atoms with Gasteiger partial charge in [0.05, 0.1) is 32.0 Å². The number of rotatable bonds is 3. The standard InChI is InChI=1S/C21H25N5O3/c1-24-13-15(12-22-24)19-21(16-4-2-3-5-17(16)23-20(21)28)6-7-26(19)18(27)14-25-8-10-29-11-9-25/h2-5,12-13,19H,6-11,14H2,1H3,(H,23,28). The summed E-state index contributed by atoms with van der Waals surface area (Å²) in [5, 5.41) is 7.37. The normalized spacial score (nSPS) is 26.7. The van der Waals surface area contributed by atoms with E-state index in [1.54, 1.807) is 10.9 Å². The second-order valence-corrected chi connectivity index (χ2v) is 8.05. The van der Waals surface area contributed by atoms with Crippen LogP contribution in [0.3, 0.4) is 0 Å². The molecule has 2 atom stereocenters. The second kappa shape index (κ2) is 6.96. The number of nitrogens with one attached hydrogen (secondary N) is 1. The molecule has 1 aromatic carbocycles. The number of morpholine rings is 1. The molecule has 8 nitrogen and oxygen atoms in total.